The number of nitrogens with one attached hydrogen (secondary N) is 3. The summed E-state index contributed by atoms with van der Waals surface area (Å²) in [5, 5.41) is 5.93. The molecule has 3 N–H and O–H groups in total. The predicted octanol–water partition coefficient (Wildman–Crippen LogP) is 5.88. The molecule has 41 heavy (non-hydrogen) atoms. The molecule has 11 heteroatoms. The molecule has 0 spiro atoms. The van der Waals surface area contributed by atoms with Gasteiger partial charge in [-0.05, 0) is 74.3 Å². The van der Waals surface area contributed by atoms with Crippen LogP contribution in [0.2, 0.25) is 0 Å². The average molecular weight is 604 g/mol. The van der Waals surface area contributed by atoms with Gasteiger partial charge >= 0.3 is 6.03 Å². The van der Waals surface area contributed by atoms with Crippen molar-refractivity contribution in [2.75, 3.05) is 24.2 Å². The van der Waals surface area contributed by atoms with E-state index in [0.717, 1.165) is 42.5 Å². The van der Waals surface area contributed by atoms with Crippen LogP contribution in [0.5, 0.6) is 0 Å². The van der Waals surface area contributed by atoms with Gasteiger partial charge in [0.2, 0.25) is 5.91 Å². The summed E-state index contributed by atoms with van der Waals surface area (Å²) in [5.41, 5.74) is 4.00. The lowest BCUT2D eigenvalue weighted by Gasteiger charge is -2.35. The van der Waals surface area contributed by atoms with Crippen molar-refractivity contribution in [1.82, 2.24) is 10.8 Å². The molecule has 2 saturated heterocycles. The summed E-state index contributed by atoms with van der Waals surface area (Å²) in [7, 11) is -3.59. The van der Waals surface area contributed by atoms with Crippen molar-refractivity contribution in [1.29, 1.82) is 0 Å². The van der Waals surface area contributed by atoms with Crippen LogP contribution in [0.4, 0.5) is 10.5 Å². The fraction of sp³-hybridized carbons (Fsp3) is 0.600. The van der Waals surface area contributed by atoms with Gasteiger partial charge in [-0.2, -0.15) is 0 Å². The molecule has 3 fully saturated rings. The fourth-order valence-electron chi connectivity index (χ4n) is 6.14. The van der Waals surface area contributed by atoms with Crippen LogP contribution >= 0.6 is 11.3 Å². The van der Waals surface area contributed by atoms with Crippen LogP contribution in [0.3, 0.4) is 0 Å². The number of hydrogen-bond donors (Lipinski definition) is 3. The van der Waals surface area contributed by atoms with Gasteiger partial charge in [0.05, 0.1) is 12.2 Å². The molecule has 1 aliphatic carbocycles. The summed E-state index contributed by atoms with van der Waals surface area (Å²) < 4.78 is 31.3. The van der Waals surface area contributed by atoms with Crippen molar-refractivity contribution in [2.45, 2.75) is 88.1 Å². The zero-order valence-corrected chi connectivity index (χ0v) is 25.1. The third-order valence-electron chi connectivity index (χ3n) is 8.46. The highest BCUT2D eigenvalue weighted by Crippen LogP contribution is 2.47. The molecule has 1 aromatic heterocycles. The van der Waals surface area contributed by atoms with Gasteiger partial charge in [0.25, 0.3) is 0 Å². The van der Waals surface area contributed by atoms with E-state index in [0.29, 0.717) is 48.9 Å². The molecule has 1 aromatic carbocycles. The van der Waals surface area contributed by atoms with Crippen molar-refractivity contribution < 1.29 is 27.6 Å². The first-order chi connectivity index (χ1) is 19.8. The zero-order chi connectivity index (χ0) is 28.7. The highest BCUT2D eigenvalue weighted by Gasteiger charge is 2.49. The molecule has 2 aliphatic heterocycles. The van der Waals surface area contributed by atoms with Crippen LogP contribution in [0.25, 0.3) is 10.4 Å². The Balaban J connectivity index is 1.28. The van der Waals surface area contributed by atoms with Crippen molar-refractivity contribution in [3.05, 3.63) is 41.3 Å². The van der Waals surface area contributed by atoms with Gasteiger partial charge in [0.1, 0.15) is 4.75 Å². The minimum absolute atomic E-state index is 0.0511. The van der Waals surface area contributed by atoms with Gasteiger partial charge in [-0.15, -0.1) is 11.3 Å². The number of anilines is 1. The fourth-order valence-corrected chi connectivity index (χ4v) is 9.91. The van der Waals surface area contributed by atoms with Crippen LogP contribution in [0.1, 0.15) is 81.9 Å². The maximum absolute atomic E-state index is 13.5. The number of carbonyl (C=O) groups is 2. The molecule has 3 aliphatic rings. The number of urea groups is 1. The Hall–Kier alpha value is -2.47. The van der Waals surface area contributed by atoms with Gasteiger partial charge in [-0.3, -0.25) is 4.79 Å². The minimum Gasteiger partial charge on any atom is -0.350 e. The molecule has 3 heterocycles. The van der Waals surface area contributed by atoms with E-state index in [1.54, 1.807) is 0 Å². The summed E-state index contributed by atoms with van der Waals surface area (Å²) in [6.45, 7) is 1.27. The number of carbonyl (C=O) groups excluding carboxylic acids is 2. The summed E-state index contributed by atoms with van der Waals surface area (Å²) in [4.78, 5) is 32.5. The van der Waals surface area contributed by atoms with E-state index in [9.17, 15) is 18.0 Å². The van der Waals surface area contributed by atoms with Gasteiger partial charge in [0.15, 0.2) is 16.1 Å². The SMILES string of the molecule is O=C(C[C@]1(c2ccc(-c3cccc(NC(=O)NCC4CCCCC4)c3)s2)CCCCS1(=O)=O)NOC1CCCCO1. The van der Waals surface area contributed by atoms with Gasteiger partial charge in [-0.1, -0.05) is 37.8 Å². The molecule has 2 aromatic rings. The zero-order valence-electron chi connectivity index (χ0n) is 23.5. The molecule has 224 valence electrons. The molecule has 3 amide bonds. The number of ether oxygens (including phenoxy) is 1. The highest BCUT2D eigenvalue weighted by atomic mass is 32.2. The molecule has 1 saturated carbocycles. The molecule has 5 rings (SSSR count). The summed E-state index contributed by atoms with van der Waals surface area (Å²) in [6.07, 6.45) is 9.67. The molecule has 0 radical (unpaired) electrons. The Morgan fingerprint density at radius 2 is 1.83 bits per heavy atom. The lowest BCUT2D eigenvalue weighted by Crippen LogP contribution is -2.45. The maximum atomic E-state index is 13.5. The quantitative estimate of drug-likeness (QED) is 0.308. The lowest BCUT2D eigenvalue weighted by molar-refractivity contribution is -0.200. The van der Waals surface area contributed by atoms with Gasteiger partial charge in [-0.25, -0.2) is 23.5 Å². The summed E-state index contributed by atoms with van der Waals surface area (Å²) in [5.74, 6) is 0.128. The Bertz CT molecular complexity index is 1300. The molecule has 9 nitrogen and oxygen atoms in total. The van der Waals surface area contributed by atoms with E-state index in [1.165, 1.54) is 30.6 Å². The van der Waals surface area contributed by atoms with E-state index in [1.807, 2.05) is 36.4 Å². The largest absolute Gasteiger partial charge is 0.350 e. The highest BCUT2D eigenvalue weighted by molar-refractivity contribution is 7.92. The second kappa shape index (κ2) is 13.7. The standard InChI is InChI=1S/C30H41N3O6S2/c34-27(33-39-28-13-4-6-17-38-28)20-30(16-5-7-18-41(30,36)37)26-15-14-25(40-26)23-11-8-12-24(19-23)32-29(35)31-21-22-9-2-1-3-10-22/h8,11-12,14-15,19,22,28H,1-7,9-10,13,16-18,20-21H2,(H,33,34)(H2,31,32,35)/t28?,30-/m0/s1. The van der Waals surface area contributed by atoms with Crippen molar-refractivity contribution in [2.24, 2.45) is 5.92 Å². The number of thiophene rings is 1. The number of hydroxylamine groups is 1. The Morgan fingerprint density at radius 1 is 1.00 bits per heavy atom. The first kappa shape index (κ1) is 30.0. The van der Waals surface area contributed by atoms with Crippen LogP contribution in [-0.4, -0.2) is 45.6 Å². The lowest BCUT2D eigenvalue weighted by atomic mass is 9.89. The molecule has 1 unspecified atom stereocenters. The second-order valence-electron chi connectivity index (χ2n) is 11.5. The molecule has 2 atom stereocenters. The first-order valence-electron chi connectivity index (χ1n) is 14.9. The summed E-state index contributed by atoms with van der Waals surface area (Å²) >= 11 is 1.39. The average Bonchev–Trinajstić information content (AvgIpc) is 3.48. The Kier molecular flexibility index (Phi) is 10.0. The molecular weight excluding hydrogens is 562 g/mol. The maximum Gasteiger partial charge on any atom is 0.319 e. The second-order valence-corrected chi connectivity index (χ2v) is 15.0. The van der Waals surface area contributed by atoms with Crippen molar-refractivity contribution in [3.8, 4) is 10.4 Å². The minimum atomic E-state index is -3.59. The van der Waals surface area contributed by atoms with Crippen LogP contribution < -0.4 is 16.1 Å². The summed E-state index contributed by atoms with van der Waals surface area (Å²) in [6, 6.07) is 11.0. The number of sulfone groups is 1. The Labute approximate surface area is 246 Å². The van der Waals surface area contributed by atoms with Crippen LogP contribution in [-0.2, 0) is 29.0 Å². The van der Waals surface area contributed by atoms with Gasteiger partial charge in [0, 0.05) is 35.0 Å². The smallest absolute Gasteiger partial charge is 0.319 e. The third kappa shape index (κ3) is 7.49. The Morgan fingerprint density at radius 3 is 2.61 bits per heavy atom. The monoisotopic (exact) mass is 603 g/mol. The first-order valence-corrected chi connectivity index (χ1v) is 17.4. The van der Waals surface area contributed by atoms with Crippen LogP contribution in [0.15, 0.2) is 36.4 Å². The number of benzene rings is 1. The van der Waals surface area contributed by atoms with E-state index in [2.05, 4.69) is 16.1 Å². The number of rotatable bonds is 9. The topological polar surface area (TPSA) is 123 Å². The number of amides is 3. The van der Waals surface area contributed by atoms with Crippen LogP contribution in [0, 0.1) is 5.92 Å². The van der Waals surface area contributed by atoms with E-state index in [4.69, 9.17) is 9.57 Å². The molecule has 0 bridgehead atoms. The van der Waals surface area contributed by atoms with E-state index in [-0.39, 0.29) is 18.2 Å². The van der Waals surface area contributed by atoms with Crippen molar-refractivity contribution in [3.63, 3.8) is 0 Å². The van der Waals surface area contributed by atoms with Gasteiger partial charge < -0.3 is 15.4 Å². The van der Waals surface area contributed by atoms with E-state index >= 15 is 0 Å². The number of hydrogen-bond acceptors (Lipinski definition) is 7. The third-order valence-corrected chi connectivity index (χ3v) is 12.5. The van der Waals surface area contributed by atoms with E-state index < -0.39 is 26.8 Å². The predicted molar refractivity (Wildman–Crippen MR) is 160 cm³/mol. The normalized spacial score (nSPS) is 24.8. The molecular formula is C30H41N3O6S2. The van der Waals surface area contributed by atoms with Crippen molar-refractivity contribution >= 4 is 38.8 Å².